The first-order valence-corrected chi connectivity index (χ1v) is 10.9. The number of guanidine groups is 1. The highest BCUT2D eigenvalue weighted by Gasteiger charge is 2.27. The zero-order valence-electron chi connectivity index (χ0n) is 18.0. The van der Waals surface area contributed by atoms with Crippen molar-refractivity contribution in [1.82, 2.24) is 20.5 Å². The number of aliphatic imine (C=N–C) groups is 1. The van der Waals surface area contributed by atoms with E-state index < -0.39 is 0 Å². The Balaban J connectivity index is 0.00000272. The van der Waals surface area contributed by atoms with Gasteiger partial charge in [-0.15, -0.1) is 24.0 Å². The summed E-state index contributed by atoms with van der Waals surface area (Å²) in [6, 6.07) is 14.3. The van der Waals surface area contributed by atoms with Crippen LogP contribution in [0.3, 0.4) is 0 Å². The summed E-state index contributed by atoms with van der Waals surface area (Å²) in [5.74, 6) is 0.961. The SMILES string of the molecule is CN=C(NCC(c1ccccc1)N1CCCC1)NC1CCN(c2ncccc2F)C1.I. The first-order valence-electron chi connectivity index (χ1n) is 10.9. The van der Waals surface area contributed by atoms with E-state index in [1.165, 1.54) is 24.5 Å². The Bertz CT molecular complexity index is 843. The average molecular weight is 538 g/mol. The molecule has 2 unspecified atom stereocenters. The van der Waals surface area contributed by atoms with Gasteiger partial charge in [-0.25, -0.2) is 9.37 Å². The van der Waals surface area contributed by atoms with E-state index in [1.807, 2.05) is 4.90 Å². The predicted octanol–water partition coefficient (Wildman–Crippen LogP) is 3.42. The van der Waals surface area contributed by atoms with Crippen molar-refractivity contribution in [2.75, 3.05) is 44.7 Å². The predicted molar refractivity (Wildman–Crippen MR) is 135 cm³/mol. The molecule has 0 saturated carbocycles. The molecule has 2 saturated heterocycles. The topological polar surface area (TPSA) is 55.8 Å². The molecule has 2 atom stereocenters. The number of nitrogens with zero attached hydrogens (tertiary/aromatic N) is 4. The fourth-order valence-electron chi connectivity index (χ4n) is 4.45. The molecular formula is C23H32FIN6. The van der Waals surface area contributed by atoms with Gasteiger partial charge >= 0.3 is 0 Å². The van der Waals surface area contributed by atoms with Gasteiger partial charge < -0.3 is 15.5 Å². The standard InChI is InChI=1S/C23H31FN6.HI/c1-25-23(28-19-11-15-30(17-19)22-20(24)10-7-12-26-22)27-16-21(29-13-5-6-14-29)18-8-3-2-4-9-18;/h2-4,7-10,12,19,21H,5-6,11,13-17H2,1H3,(H2,25,27,28);1H. The molecule has 0 radical (unpaired) electrons. The smallest absolute Gasteiger partial charge is 0.191 e. The molecule has 1 aromatic heterocycles. The van der Waals surface area contributed by atoms with Gasteiger partial charge in [0.05, 0.1) is 6.04 Å². The number of rotatable bonds is 6. The second-order valence-electron chi connectivity index (χ2n) is 8.01. The molecule has 6 nitrogen and oxygen atoms in total. The monoisotopic (exact) mass is 538 g/mol. The maximum atomic E-state index is 14.1. The van der Waals surface area contributed by atoms with Crippen molar-refractivity contribution in [2.24, 2.45) is 4.99 Å². The van der Waals surface area contributed by atoms with Crippen LogP contribution in [-0.2, 0) is 0 Å². The molecule has 3 heterocycles. The largest absolute Gasteiger partial charge is 0.354 e. The molecular weight excluding hydrogens is 506 g/mol. The molecule has 31 heavy (non-hydrogen) atoms. The third-order valence-electron chi connectivity index (χ3n) is 6.02. The average Bonchev–Trinajstić information content (AvgIpc) is 3.47. The Hall–Kier alpha value is -1.94. The van der Waals surface area contributed by atoms with Crippen molar-refractivity contribution in [3.05, 3.63) is 60.0 Å². The van der Waals surface area contributed by atoms with Crippen molar-refractivity contribution in [2.45, 2.75) is 31.3 Å². The van der Waals surface area contributed by atoms with E-state index in [0.29, 0.717) is 18.4 Å². The van der Waals surface area contributed by atoms with E-state index in [-0.39, 0.29) is 35.8 Å². The highest BCUT2D eigenvalue weighted by molar-refractivity contribution is 14.0. The normalized spacial score (nSPS) is 20.4. The maximum absolute atomic E-state index is 14.1. The summed E-state index contributed by atoms with van der Waals surface area (Å²) in [6.07, 6.45) is 5.09. The number of benzene rings is 1. The summed E-state index contributed by atoms with van der Waals surface area (Å²) in [6.45, 7) is 4.57. The van der Waals surface area contributed by atoms with Gasteiger partial charge in [0, 0.05) is 38.9 Å². The molecule has 4 rings (SSSR count). The quantitative estimate of drug-likeness (QED) is 0.336. The highest BCUT2D eigenvalue weighted by atomic mass is 127. The molecule has 0 spiro atoms. The van der Waals surface area contributed by atoms with Crippen LogP contribution in [-0.4, -0.2) is 61.7 Å². The molecule has 1 aromatic carbocycles. The van der Waals surface area contributed by atoms with E-state index in [2.05, 4.69) is 55.8 Å². The van der Waals surface area contributed by atoms with Crippen LogP contribution in [0.1, 0.15) is 30.9 Å². The lowest BCUT2D eigenvalue weighted by atomic mass is 10.1. The zero-order chi connectivity index (χ0) is 20.8. The molecule has 2 fully saturated rings. The van der Waals surface area contributed by atoms with Crippen LogP contribution >= 0.6 is 24.0 Å². The van der Waals surface area contributed by atoms with Crippen LogP contribution in [0.5, 0.6) is 0 Å². The Labute approximate surface area is 201 Å². The summed E-state index contributed by atoms with van der Waals surface area (Å²) in [5, 5.41) is 7.04. The van der Waals surface area contributed by atoms with Gasteiger partial charge in [-0.2, -0.15) is 0 Å². The Kier molecular flexibility index (Phi) is 8.89. The lowest BCUT2D eigenvalue weighted by Crippen LogP contribution is -2.47. The van der Waals surface area contributed by atoms with Gasteiger partial charge in [0.1, 0.15) is 0 Å². The van der Waals surface area contributed by atoms with Crippen LogP contribution in [0.25, 0.3) is 0 Å². The van der Waals surface area contributed by atoms with Crippen molar-refractivity contribution < 1.29 is 4.39 Å². The van der Waals surface area contributed by atoms with Gasteiger partial charge in [0.2, 0.25) is 0 Å². The molecule has 0 amide bonds. The first-order chi connectivity index (χ1) is 14.7. The Morgan fingerprint density at radius 3 is 2.65 bits per heavy atom. The number of hydrogen-bond acceptors (Lipinski definition) is 4. The van der Waals surface area contributed by atoms with Gasteiger partial charge in [0.25, 0.3) is 0 Å². The molecule has 2 N–H and O–H groups in total. The number of pyridine rings is 1. The van der Waals surface area contributed by atoms with Crippen molar-refractivity contribution >= 4 is 35.8 Å². The van der Waals surface area contributed by atoms with Crippen LogP contribution in [0, 0.1) is 5.82 Å². The number of halogens is 2. The van der Waals surface area contributed by atoms with Crippen LogP contribution in [0.15, 0.2) is 53.7 Å². The molecule has 168 valence electrons. The fourth-order valence-corrected chi connectivity index (χ4v) is 4.45. The molecule has 0 bridgehead atoms. The lowest BCUT2D eigenvalue weighted by Gasteiger charge is -2.29. The maximum Gasteiger partial charge on any atom is 0.191 e. The first kappa shape index (κ1) is 23.7. The number of likely N-dealkylation sites (tertiary alicyclic amines) is 1. The number of anilines is 1. The van der Waals surface area contributed by atoms with Gasteiger partial charge in [-0.3, -0.25) is 9.89 Å². The minimum atomic E-state index is -0.267. The Morgan fingerprint density at radius 1 is 1.16 bits per heavy atom. The summed E-state index contributed by atoms with van der Waals surface area (Å²) in [4.78, 5) is 13.2. The molecule has 2 aliphatic heterocycles. The fraction of sp³-hybridized carbons (Fsp3) is 0.478. The lowest BCUT2D eigenvalue weighted by molar-refractivity contribution is 0.245. The van der Waals surface area contributed by atoms with Crippen LogP contribution in [0.2, 0.25) is 0 Å². The summed E-state index contributed by atoms with van der Waals surface area (Å²) in [7, 11) is 1.80. The van der Waals surface area contributed by atoms with Crippen LogP contribution in [0.4, 0.5) is 10.2 Å². The van der Waals surface area contributed by atoms with Gasteiger partial charge in [-0.05, 0) is 50.0 Å². The third-order valence-corrected chi connectivity index (χ3v) is 6.02. The second-order valence-corrected chi connectivity index (χ2v) is 8.01. The minimum Gasteiger partial charge on any atom is -0.354 e. The summed E-state index contributed by atoms with van der Waals surface area (Å²) < 4.78 is 14.1. The van der Waals surface area contributed by atoms with Gasteiger partial charge in [-0.1, -0.05) is 30.3 Å². The molecule has 2 aliphatic rings. The highest BCUT2D eigenvalue weighted by Crippen LogP contribution is 2.24. The molecule has 8 heteroatoms. The van der Waals surface area contributed by atoms with Crippen LogP contribution < -0.4 is 15.5 Å². The Morgan fingerprint density at radius 2 is 1.94 bits per heavy atom. The van der Waals surface area contributed by atoms with E-state index in [4.69, 9.17) is 0 Å². The molecule has 2 aromatic rings. The van der Waals surface area contributed by atoms with Crippen molar-refractivity contribution in [3.63, 3.8) is 0 Å². The summed E-state index contributed by atoms with van der Waals surface area (Å²) in [5.41, 5.74) is 1.33. The van der Waals surface area contributed by atoms with E-state index >= 15 is 0 Å². The van der Waals surface area contributed by atoms with Crippen molar-refractivity contribution in [1.29, 1.82) is 0 Å². The number of hydrogen-bond donors (Lipinski definition) is 2. The second kappa shape index (κ2) is 11.6. The molecule has 0 aliphatic carbocycles. The number of aromatic nitrogens is 1. The van der Waals surface area contributed by atoms with E-state index in [9.17, 15) is 4.39 Å². The van der Waals surface area contributed by atoms with E-state index in [0.717, 1.165) is 38.6 Å². The minimum absolute atomic E-state index is 0. The third kappa shape index (κ3) is 6.06. The summed E-state index contributed by atoms with van der Waals surface area (Å²) >= 11 is 0. The van der Waals surface area contributed by atoms with E-state index in [1.54, 1.807) is 19.3 Å². The van der Waals surface area contributed by atoms with Crippen molar-refractivity contribution in [3.8, 4) is 0 Å². The number of nitrogens with one attached hydrogen (secondary N) is 2. The zero-order valence-corrected chi connectivity index (χ0v) is 20.3. The van der Waals surface area contributed by atoms with Gasteiger partial charge in [0.15, 0.2) is 17.6 Å².